The average molecular weight is 390 g/mol. The molecule has 1 N–H and O–H groups in total. The molecule has 4 rings (SSSR count). The van der Waals surface area contributed by atoms with Gasteiger partial charge in [0.05, 0.1) is 5.92 Å². The van der Waals surface area contributed by atoms with Crippen LogP contribution in [-0.4, -0.2) is 34.2 Å². The van der Waals surface area contributed by atoms with Gasteiger partial charge in [0.2, 0.25) is 11.7 Å². The SMILES string of the molecule is Cc1cccc(-c2noc([C@H]3CCCN(C(=O)Nc4ccc(C)cc4C)C3)n2)c1. The van der Waals surface area contributed by atoms with Crippen LogP contribution in [0, 0.1) is 20.8 Å². The third-order valence-electron chi connectivity index (χ3n) is 5.40. The monoisotopic (exact) mass is 390 g/mol. The number of aromatic nitrogens is 2. The standard InChI is InChI=1S/C23H26N4O2/c1-15-6-4-7-18(13-15)21-25-22(29-26-21)19-8-5-11-27(14-19)23(28)24-20-10-9-16(2)12-17(20)3/h4,6-7,9-10,12-13,19H,5,8,11,14H2,1-3H3,(H,24,28)/t19-/m0/s1. The van der Waals surface area contributed by atoms with Crippen molar-refractivity contribution in [2.24, 2.45) is 0 Å². The van der Waals surface area contributed by atoms with E-state index in [1.165, 1.54) is 5.56 Å². The molecule has 0 unspecified atom stereocenters. The topological polar surface area (TPSA) is 71.3 Å². The van der Waals surface area contributed by atoms with Crippen LogP contribution in [0.25, 0.3) is 11.4 Å². The molecule has 3 aromatic rings. The summed E-state index contributed by atoms with van der Waals surface area (Å²) in [7, 11) is 0. The third kappa shape index (κ3) is 4.31. The quantitative estimate of drug-likeness (QED) is 0.677. The summed E-state index contributed by atoms with van der Waals surface area (Å²) in [6, 6.07) is 14.0. The van der Waals surface area contributed by atoms with Crippen LogP contribution in [0.3, 0.4) is 0 Å². The van der Waals surface area contributed by atoms with Crippen LogP contribution in [0.5, 0.6) is 0 Å². The smallest absolute Gasteiger partial charge is 0.321 e. The third-order valence-corrected chi connectivity index (χ3v) is 5.40. The maximum absolute atomic E-state index is 12.8. The minimum Gasteiger partial charge on any atom is -0.339 e. The zero-order valence-corrected chi connectivity index (χ0v) is 17.1. The summed E-state index contributed by atoms with van der Waals surface area (Å²) in [5, 5.41) is 7.19. The van der Waals surface area contributed by atoms with Crippen molar-refractivity contribution in [3.05, 3.63) is 65.0 Å². The molecule has 1 fully saturated rings. The van der Waals surface area contributed by atoms with E-state index >= 15 is 0 Å². The highest BCUT2D eigenvalue weighted by Crippen LogP contribution is 2.28. The normalized spacial score (nSPS) is 16.7. The van der Waals surface area contributed by atoms with E-state index in [9.17, 15) is 4.79 Å². The van der Waals surface area contributed by atoms with E-state index in [1.54, 1.807) is 0 Å². The highest BCUT2D eigenvalue weighted by atomic mass is 16.5. The van der Waals surface area contributed by atoms with Crippen LogP contribution in [-0.2, 0) is 0 Å². The first-order valence-electron chi connectivity index (χ1n) is 10.0. The van der Waals surface area contributed by atoms with Crippen molar-refractivity contribution in [1.29, 1.82) is 0 Å². The van der Waals surface area contributed by atoms with Crippen LogP contribution in [0.1, 0.15) is 41.3 Å². The van der Waals surface area contributed by atoms with Gasteiger partial charge in [-0.1, -0.05) is 46.6 Å². The van der Waals surface area contributed by atoms with Gasteiger partial charge in [0.1, 0.15) is 0 Å². The second-order valence-corrected chi connectivity index (χ2v) is 7.86. The summed E-state index contributed by atoms with van der Waals surface area (Å²) in [6.07, 6.45) is 1.84. The minimum absolute atomic E-state index is 0.0553. The lowest BCUT2D eigenvalue weighted by molar-refractivity contribution is 0.184. The van der Waals surface area contributed by atoms with Crippen molar-refractivity contribution >= 4 is 11.7 Å². The Kier molecular flexibility index (Phi) is 5.34. The first kappa shape index (κ1) is 19.2. The molecule has 0 radical (unpaired) electrons. The van der Waals surface area contributed by atoms with Crippen molar-refractivity contribution in [2.45, 2.75) is 39.5 Å². The van der Waals surface area contributed by atoms with E-state index in [2.05, 4.69) is 21.5 Å². The number of carbonyl (C=O) groups is 1. The predicted molar refractivity (Wildman–Crippen MR) is 113 cm³/mol. The lowest BCUT2D eigenvalue weighted by Crippen LogP contribution is -2.41. The maximum atomic E-state index is 12.8. The van der Waals surface area contributed by atoms with Crippen LogP contribution in [0.4, 0.5) is 10.5 Å². The zero-order chi connectivity index (χ0) is 20.4. The number of urea groups is 1. The Balaban J connectivity index is 1.45. The fourth-order valence-corrected chi connectivity index (χ4v) is 3.81. The Morgan fingerprint density at radius 3 is 2.76 bits per heavy atom. The first-order valence-corrected chi connectivity index (χ1v) is 10.0. The number of hydrogen-bond acceptors (Lipinski definition) is 4. The maximum Gasteiger partial charge on any atom is 0.321 e. The molecule has 1 atom stereocenters. The van der Waals surface area contributed by atoms with Crippen molar-refractivity contribution in [1.82, 2.24) is 15.0 Å². The number of nitrogens with zero attached hydrogens (tertiary/aromatic N) is 3. The van der Waals surface area contributed by atoms with Crippen LogP contribution < -0.4 is 5.32 Å². The van der Waals surface area contributed by atoms with E-state index < -0.39 is 0 Å². The molecule has 1 saturated heterocycles. The van der Waals surface area contributed by atoms with E-state index in [-0.39, 0.29) is 11.9 Å². The van der Waals surface area contributed by atoms with Crippen LogP contribution >= 0.6 is 0 Å². The number of rotatable bonds is 3. The van der Waals surface area contributed by atoms with Gasteiger partial charge >= 0.3 is 6.03 Å². The minimum atomic E-state index is -0.0833. The van der Waals surface area contributed by atoms with Gasteiger partial charge in [-0.15, -0.1) is 0 Å². The molecule has 6 heteroatoms. The van der Waals surface area contributed by atoms with E-state index in [0.29, 0.717) is 18.3 Å². The Hall–Kier alpha value is -3.15. The lowest BCUT2D eigenvalue weighted by Gasteiger charge is -2.31. The van der Waals surface area contributed by atoms with Crippen molar-refractivity contribution < 1.29 is 9.32 Å². The fraction of sp³-hybridized carbons (Fsp3) is 0.348. The number of anilines is 1. The lowest BCUT2D eigenvalue weighted by atomic mass is 9.98. The molecule has 0 aliphatic carbocycles. The molecule has 0 spiro atoms. The number of aryl methyl sites for hydroxylation is 3. The summed E-state index contributed by atoms with van der Waals surface area (Å²) in [4.78, 5) is 19.2. The Bertz CT molecular complexity index is 1030. The van der Waals surface area contributed by atoms with Gasteiger partial charge in [0.25, 0.3) is 0 Å². The number of likely N-dealkylation sites (tertiary alicyclic amines) is 1. The van der Waals surface area contributed by atoms with Gasteiger partial charge < -0.3 is 14.7 Å². The number of piperidine rings is 1. The largest absolute Gasteiger partial charge is 0.339 e. The summed E-state index contributed by atoms with van der Waals surface area (Å²) >= 11 is 0. The second-order valence-electron chi connectivity index (χ2n) is 7.86. The molecule has 0 bridgehead atoms. The van der Waals surface area contributed by atoms with Gasteiger partial charge in [0.15, 0.2) is 0 Å². The molecular weight excluding hydrogens is 364 g/mol. The molecule has 150 valence electrons. The molecule has 1 aromatic heterocycles. The van der Waals surface area contributed by atoms with Crippen molar-refractivity contribution in [2.75, 3.05) is 18.4 Å². The molecule has 1 aliphatic heterocycles. The molecule has 2 aromatic carbocycles. The molecule has 2 amide bonds. The molecule has 0 saturated carbocycles. The van der Waals surface area contributed by atoms with Crippen LogP contribution in [0.15, 0.2) is 47.0 Å². The molecule has 29 heavy (non-hydrogen) atoms. The summed E-state index contributed by atoms with van der Waals surface area (Å²) in [5.74, 6) is 1.26. The summed E-state index contributed by atoms with van der Waals surface area (Å²) in [6.45, 7) is 7.40. The van der Waals surface area contributed by atoms with Gasteiger partial charge in [-0.05, 0) is 51.3 Å². The predicted octanol–water partition coefficient (Wildman–Crippen LogP) is 5.07. The number of nitrogens with one attached hydrogen (secondary N) is 1. The van der Waals surface area contributed by atoms with Crippen molar-refractivity contribution in [3.63, 3.8) is 0 Å². The first-order chi connectivity index (χ1) is 14.0. The molecule has 1 aliphatic rings. The van der Waals surface area contributed by atoms with E-state index in [1.807, 2.05) is 62.1 Å². The second kappa shape index (κ2) is 8.07. The Labute approximate surface area is 170 Å². The number of amides is 2. The Morgan fingerprint density at radius 1 is 1.14 bits per heavy atom. The van der Waals surface area contributed by atoms with Gasteiger partial charge in [-0.2, -0.15) is 4.98 Å². The Morgan fingerprint density at radius 2 is 1.97 bits per heavy atom. The molecular formula is C23H26N4O2. The molecule has 6 nitrogen and oxygen atoms in total. The number of hydrogen-bond donors (Lipinski definition) is 1. The average Bonchev–Trinajstić information content (AvgIpc) is 3.20. The van der Waals surface area contributed by atoms with Gasteiger partial charge in [-0.25, -0.2) is 4.79 Å². The van der Waals surface area contributed by atoms with E-state index in [0.717, 1.165) is 41.8 Å². The number of benzene rings is 2. The van der Waals surface area contributed by atoms with E-state index in [4.69, 9.17) is 4.52 Å². The van der Waals surface area contributed by atoms with Gasteiger partial charge in [-0.3, -0.25) is 0 Å². The fourth-order valence-electron chi connectivity index (χ4n) is 3.81. The highest BCUT2D eigenvalue weighted by molar-refractivity contribution is 5.90. The molecule has 2 heterocycles. The number of carbonyl (C=O) groups excluding carboxylic acids is 1. The summed E-state index contributed by atoms with van der Waals surface area (Å²) < 4.78 is 5.56. The summed E-state index contributed by atoms with van der Waals surface area (Å²) in [5.41, 5.74) is 5.19. The van der Waals surface area contributed by atoms with Crippen LogP contribution in [0.2, 0.25) is 0 Å². The van der Waals surface area contributed by atoms with Crippen molar-refractivity contribution in [3.8, 4) is 11.4 Å². The van der Waals surface area contributed by atoms with Gasteiger partial charge in [0, 0.05) is 24.3 Å². The highest BCUT2D eigenvalue weighted by Gasteiger charge is 2.29. The zero-order valence-electron chi connectivity index (χ0n) is 17.1.